The molecule has 1 aliphatic rings. The highest BCUT2D eigenvalue weighted by Gasteiger charge is 2.34. The lowest BCUT2D eigenvalue weighted by Gasteiger charge is -2.35. The van der Waals surface area contributed by atoms with Gasteiger partial charge in [-0.1, -0.05) is 0 Å². The van der Waals surface area contributed by atoms with E-state index >= 15 is 0 Å². The number of ether oxygens (including phenoxy) is 1. The zero-order valence-electron chi connectivity index (χ0n) is 10.2. The van der Waals surface area contributed by atoms with Crippen molar-refractivity contribution < 1.29 is 23.1 Å². The summed E-state index contributed by atoms with van der Waals surface area (Å²) in [5, 5.41) is 9.83. The third-order valence-electron chi connectivity index (χ3n) is 2.83. The van der Waals surface area contributed by atoms with Gasteiger partial charge in [0.15, 0.2) is 0 Å². The molecule has 0 spiro atoms. The number of carbonyl (C=O) groups is 1. The molecule has 1 heterocycles. The molecule has 100 valence electrons. The largest absolute Gasteiger partial charge is 0.469 e. The van der Waals surface area contributed by atoms with Crippen molar-refractivity contribution in [2.45, 2.75) is 31.8 Å². The van der Waals surface area contributed by atoms with Gasteiger partial charge in [-0.3, -0.25) is 4.79 Å². The van der Waals surface area contributed by atoms with Crippen LogP contribution in [0.15, 0.2) is 0 Å². The van der Waals surface area contributed by atoms with Crippen LogP contribution >= 0.6 is 0 Å². The van der Waals surface area contributed by atoms with E-state index in [1.807, 2.05) is 0 Å². The number of piperidine rings is 1. The summed E-state index contributed by atoms with van der Waals surface area (Å²) < 4.78 is 29.5. The molecule has 0 aromatic rings. The van der Waals surface area contributed by atoms with Crippen LogP contribution in [0, 0.1) is 0 Å². The SMILES string of the molecule is COC(=O)CCS(=O)(=O)N1CCCC(C)(O)C1. The maximum Gasteiger partial charge on any atom is 0.306 e. The number of hydrogen-bond acceptors (Lipinski definition) is 5. The monoisotopic (exact) mass is 265 g/mol. The van der Waals surface area contributed by atoms with Crippen LogP contribution in [0.5, 0.6) is 0 Å². The summed E-state index contributed by atoms with van der Waals surface area (Å²) in [7, 11) is -2.26. The molecule has 1 N–H and O–H groups in total. The Morgan fingerprint density at radius 3 is 2.71 bits per heavy atom. The van der Waals surface area contributed by atoms with Gasteiger partial charge in [-0.25, -0.2) is 8.42 Å². The van der Waals surface area contributed by atoms with Crippen molar-refractivity contribution in [3.8, 4) is 0 Å². The molecule has 0 amide bonds. The highest BCUT2D eigenvalue weighted by atomic mass is 32.2. The van der Waals surface area contributed by atoms with Crippen LogP contribution in [0.2, 0.25) is 0 Å². The number of hydrogen-bond donors (Lipinski definition) is 1. The second-order valence-corrected chi connectivity index (χ2v) is 6.66. The van der Waals surface area contributed by atoms with Gasteiger partial charge in [0.1, 0.15) is 0 Å². The summed E-state index contributed by atoms with van der Waals surface area (Å²) in [6, 6.07) is 0. The van der Waals surface area contributed by atoms with Crippen LogP contribution in [-0.4, -0.2) is 55.4 Å². The molecule has 6 nitrogen and oxygen atoms in total. The Labute approximate surface area is 102 Å². The number of carbonyl (C=O) groups excluding carboxylic acids is 1. The summed E-state index contributed by atoms with van der Waals surface area (Å²) in [4.78, 5) is 10.9. The molecule has 17 heavy (non-hydrogen) atoms. The Kier molecular flexibility index (Phi) is 4.51. The van der Waals surface area contributed by atoms with Gasteiger partial charge >= 0.3 is 5.97 Å². The standard InChI is InChI=1S/C10H19NO5S/c1-10(13)5-3-6-11(8-10)17(14,15)7-4-9(12)16-2/h13H,3-8H2,1-2H3. The van der Waals surface area contributed by atoms with Crippen molar-refractivity contribution in [2.24, 2.45) is 0 Å². The number of esters is 1. The minimum absolute atomic E-state index is 0.0938. The minimum Gasteiger partial charge on any atom is -0.469 e. The fourth-order valence-corrected chi connectivity index (χ4v) is 3.42. The number of nitrogens with zero attached hydrogens (tertiary/aromatic N) is 1. The van der Waals surface area contributed by atoms with Crippen molar-refractivity contribution in [3.05, 3.63) is 0 Å². The van der Waals surface area contributed by atoms with Crippen molar-refractivity contribution in [3.63, 3.8) is 0 Å². The molecule has 1 aliphatic heterocycles. The first-order valence-corrected chi connectivity index (χ1v) is 7.15. The first-order valence-electron chi connectivity index (χ1n) is 5.54. The molecule has 0 aliphatic carbocycles. The molecule has 1 saturated heterocycles. The van der Waals surface area contributed by atoms with Crippen LogP contribution in [0.3, 0.4) is 0 Å². The molecular formula is C10H19NO5S. The third-order valence-corrected chi connectivity index (χ3v) is 4.64. The number of rotatable bonds is 4. The lowest BCUT2D eigenvalue weighted by atomic mass is 9.97. The maximum atomic E-state index is 11.9. The zero-order valence-corrected chi connectivity index (χ0v) is 11.0. The second-order valence-electron chi connectivity index (χ2n) is 4.58. The number of aliphatic hydroxyl groups is 1. The maximum absolute atomic E-state index is 11.9. The molecule has 1 unspecified atom stereocenters. The first kappa shape index (κ1) is 14.4. The van der Waals surface area contributed by atoms with E-state index in [0.29, 0.717) is 19.4 Å². The van der Waals surface area contributed by atoms with Gasteiger partial charge in [0.2, 0.25) is 10.0 Å². The Bertz CT molecular complexity index is 376. The predicted molar refractivity (Wildman–Crippen MR) is 61.9 cm³/mol. The number of β-amino-alcohol motifs (C(OH)–C–C–N with tert-alkyl or cyclic N) is 1. The Balaban J connectivity index is 2.61. The quantitative estimate of drug-likeness (QED) is 0.707. The van der Waals surface area contributed by atoms with Gasteiger partial charge in [-0.15, -0.1) is 0 Å². The van der Waals surface area contributed by atoms with Crippen LogP contribution in [0.25, 0.3) is 0 Å². The first-order chi connectivity index (χ1) is 7.77. The molecule has 1 atom stereocenters. The van der Waals surface area contributed by atoms with Crippen molar-refractivity contribution >= 4 is 16.0 Å². The normalized spacial score (nSPS) is 26.8. The van der Waals surface area contributed by atoms with Crippen molar-refractivity contribution in [1.29, 1.82) is 0 Å². The summed E-state index contributed by atoms with van der Waals surface area (Å²) in [6.45, 7) is 2.12. The fraction of sp³-hybridized carbons (Fsp3) is 0.900. The minimum atomic E-state index is -3.49. The Morgan fingerprint density at radius 2 is 2.18 bits per heavy atom. The van der Waals surface area contributed by atoms with Gasteiger partial charge in [0.05, 0.1) is 24.9 Å². The average molecular weight is 265 g/mol. The molecule has 0 aromatic heterocycles. The Hall–Kier alpha value is -0.660. The van der Waals surface area contributed by atoms with E-state index in [1.165, 1.54) is 11.4 Å². The second kappa shape index (κ2) is 5.32. The lowest BCUT2D eigenvalue weighted by molar-refractivity contribution is -0.140. The number of sulfonamides is 1. The third kappa shape index (κ3) is 4.25. The van der Waals surface area contributed by atoms with Crippen LogP contribution in [-0.2, 0) is 19.6 Å². The van der Waals surface area contributed by atoms with E-state index in [0.717, 1.165) is 0 Å². The molecule has 0 saturated carbocycles. The zero-order chi connectivity index (χ0) is 13.1. The summed E-state index contributed by atoms with van der Waals surface area (Å²) in [5.41, 5.74) is -0.976. The smallest absolute Gasteiger partial charge is 0.306 e. The molecule has 0 bridgehead atoms. The number of methoxy groups -OCH3 is 1. The fourth-order valence-electron chi connectivity index (χ4n) is 1.86. The molecular weight excluding hydrogens is 246 g/mol. The van der Waals surface area contributed by atoms with E-state index in [4.69, 9.17) is 0 Å². The summed E-state index contributed by atoms with van der Waals surface area (Å²) in [6.07, 6.45) is 1.07. The highest BCUT2D eigenvalue weighted by Crippen LogP contribution is 2.22. The van der Waals surface area contributed by atoms with Gasteiger partial charge in [-0.05, 0) is 19.8 Å². The van der Waals surface area contributed by atoms with Crippen LogP contribution in [0.1, 0.15) is 26.2 Å². The van der Waals surface area contributed by atoms with E-state index in [-0.39, 0.29) is 18.7 Å². The van der Waals surface area contributed by atoms with E-state index < -0.39 is 21.6 Å². The van der Waals surface area contributed by atoms with Crippen LogP contribution in [0.4, 0.5) is 0 Å². The Morgan fingerprint density at radius 1 is 1.53 bits per heavy atom. The molecule has 0 aromatic carbocycles. The van der Waals surface area contributed by atoms with Crippen molar-refractivity contribution in [2.75, 3.05) is 26.0 Å². The molecule has 1 fully saturated rings. The summed E-state index contributed by atoms with van der Waals surface area (Å²) in [5.74, 6) is -0.812. The molecule has 7 heteroatoms. The molecule has 1 rings (SSSR count). The van der Waals surface area contributed by atoms with E-state index in [2.05, 4.69) is 4.74 Å². The average Bonchev–Trinajstić information content (AvgIpc) is 2.24. The van der Waals surface area contributed by atoms with Crippen molar-refractivity contribution in [1.82, 2.24) is 4.31 Å². The van der Waals surface area contributed by atoms with Gasteiger partial charge < -0.3 is 9.84 Å². The topological polar surface area (TPSA) is 83.9 Å². The van der Waals surface area contributed by atoms with Crippen LogP contribution < -0.4 is 0 Å². The molecule has 0 radical (unpaired) electrons. The van der Waals surface area contributed by atoms with Gasteiger partial charge in [0.25, 0.3) is 0 Å². The van der Waals surface area contributed by atoms with E-state index in [9.17, 15) is 18.3 Å². The highest BCUT2D eigenvalue weighted by molar-refractivity contribution is 7.89. The van der Waals surface area contributed by atoms with E-state index in [1.54, 1.807) is 6.92 Å². The predicted octanol–water partition coefficient (Wildman–Crippen LogP) is -0.274. The lowest BCUT2D eigenvalue weighted by Crippen LogP contribution is -2.49. The van der Waals surface area contributed by atoms with Gasteiger partial charge in [-0.2, -0.15) is 4.31 Å². The summed E-state index contributed by atoms with van der Waals surface area (Å²) >= 11 is 0. The van der Waals surface area contributed by atoms with Gasteiger partial charge in [0, 0.05) is 13.1 Å².